The van der Waals surface area contributed by atoms with Gasteiger partial charge < -0.3 is 18.9 Å². The quantitative estimate of drug-likeness (QED) is 0.267. The summed E-state index contributed by atoms with van der Waals surface area (Å²) in [6, 6.07) is 0. The maximum Gasteiger partial charge on any atom is 1.00 e. The van der Waals surface area contributed by atoms with Gasteiger partial charge in [0.2, 0.25) is 0 Å². The molecule has 0 heterocycles. The molecule has 0 saturated carbocycles. The summed E-state index contributed by atoms with van der Waals surface area (Å²) in [5, 5.41) is 0. The molecule has 1 atom stereocenters. The molecule has 0 amide bonds. The van der Waals surface area contributed by atoms with Gasteiger partial charge in [-0.15, -0.1) is 0 Å². The van der Waals surface area contributed by atoms with Gasteiger partial charge in [-0.2, -0.15) is 6.92 Å². The Balaban J connectivity index is -0.0000000833. The van der Waals surface area contributed by atoms with Crippen LogP contribution in [0.25, 0.3) is 0 Å². The van der Waals surface area contributed by atoms with Gasteiger partial charge in [0.25, 0.3) is 0 Å². The molecule has 15 heavy (non-hydrogen) atoms. The Morgan fingerprint density at radius 3 is 2.00 bits per heavy atom. The van der Waals surface area contributed by atoms with E-state index in [0.717, 1.165) is 11.2 Å². The standard InChI is InChI=1S/C6H12NO3P.Rb.Re.U.Y/c1-4-11(9,10)7(3)5-6(2)8;;;;/h4-5H,1-3H3,(H,9,10);;;;/q-2;+1;;;. The second-order valence-corrected chi connectivity index (χ2v) is 4.49. The first-order valence-corrected chi connectivity index (χ1v) is 4.80. The molecule has 1 unspecified atom stereocenters. The monoisotopic (exact) mass is 776 g/mol. The van der Waals surface area contributed by atoms with Crippen LogP contribution < -0.4 is 58.2 Å². The van der Waals surface area contributed by atoms with Crippen molar-refractivity contribution in [1.82, 2.24) is 4.67 Å². The molecule has 1 N–H and O–H groups in total. The molecule has 0 aliphatic heterocycles. The van der Waals surface area contributed by atoms with E-state index in [1.54, 1.807) is 0 Å². The molecule has 0 aliphatic carbocycles. The summed E-state index contributed by atoms with van der Waals surface area (Å²) < 4.78 is 12.1. The van der Waals surface area contributed by atoms with Crippen LogP contribution in [0.5, 0.6) is 0 Å². The summed E-state index contributed by atoms with van der Waals surface area (Å²) in [7, 11) is -2.00. The third kappa shape index (κ3) is 16.3. The van der Waals surface area contributed by atoms with E-state index in [4.69, 9.17) is 4.89 Å². The Labute approximate surface area is 203 Å². The summed E-state index contributed by atoms with van der Waals surface area (Å²) >= 11 is 0. The minimum absolute atomic E-state index is 0. The van der Waals surface area contributed by atoms with E-state index in [-0.39, 0.29) is 148 Å². The van der Waals surface area contributed by atoms with Crippen molar-refractivity contribution < 1.29 is 157 Å². The number of Topliss-reactive ketones (excluding diaryl/α,β-unsaturated/α-hetero) is 1. The predicted octanol–water partition coefficient (Wildman–Crippen LogP) is -1.96. The van der Waals surface area contributed by atoms with Gasteiger partial charge in [-0.05, 0) is 14.0 Å². The first-order valence-electron chi connectivity index (χ1n) is 3.12. The van der Waals surface area contributed by atoms with E-state index in [1.165, 1.54) is 27.1 Å². The van der Waals surface area contributed by atoms with Crippen molar-refractivity contribution in [2.45, 2.75) is 13.8 Å². The van der Waals surface area contributed by atoms with Crippen molar-refractivity contribution in [3.05, 3.63) is 12.7 Å². The Hall–Kier alpha value is 4.31. The van der Waals surface area contributed by atoms with Crippen LogP contribution in [-0.2, 0) is 62.5 Å². The van der Waals surface area contributed by atoms with E-state index >= 15 is 0 Å². The second-order valence-electron chi connectivity index (χ2n) is 2.16. The SMILES string of the molecule is C[CH-]P(=O)(O)N(C)[CH-]C(C)=O.[Rb+].[Re].[U].[Y]. The third-order valence-electron chi connectivity index (χ3n) is 1.16. The van der Waals surface area contributed by atoms with Gasteiger partial charge in [0, 0.05) is 90.0 Å². The summed E-state index contributed by atoms with van der Waals surface area (Å²) in [5.74, 6) is -0.247. The minimum Gasteiger partial charge on any atom is -0.389 e. The molecule has 0 aromatic heterocycles. The Bertz CT molecular complexity index is 213. The van der Waals surface area contributed by atoms with Crippen LogP contribution in [0.4, 0.5) is 0 Å². The summed E-state index contributed by atoms with van der Waals surface area (Å²) in [6.07, 6.45) is 1.17. The predicted molar refractivity (Wildman–Crippen MR) is 42.5 cm³/mol. The number of carbonyl (C=O) groups excluding carboxylic acids is 1. The minimum atomic E-state index is -3.39. The molecule has 0 aliphatic rings. The molecule has 0 aromatic carbocycles. The van der Waals surface area contributed by atoms with Crippen LogP contribution >= 0.6 is 7.52 Å². The Morgan fingerprint density at radius 2 is 1.80 bits per heavy atom. The molecule has 0 rings (SSSR count). The van der Waals surface area contributed by atoms with Crippen molar-refractivity contribution in [3.8, 4) is 0 Å². The van der Waals surface area contributed by atoms with Gasteiger partial charge in [0.15, 0.2) is 0 Å². The van der Waals surface area contributed by atoms with Gasteiger partial charge in [0.05, 0.1) is 0 Å². The third-order valence-corrected chi connectivity index (χ3v) is 2.85. The molecule has 0 fully saturated rings. The molecular weight excluding hydrogens is 764 g/mol. The van der Waals surface area contributed by atoms with Crippen LogP contribution in [0.1, 0.15) is 13.8 Å². The number of carbonyl (C=O) groups is 1. The summed E-state index contributed by atoms with van der Waals surface area (Å²) in [5.41, 5.74) is 0. The van der Waals surface area contributed by atoms with E-state index in [2.05, 4.69) is 0 Å². The second kappa shape index (κ2) is 16.4. The molecule has 0 aromatic rings. The van der Waals surface area contributed by atoms with Crippen LogP contribution in [0.2, 0.25) is 0 Å². The average Bonchev–Trinajstić information content (AvgIpc) is 1.86. The molecule has 2 radical (unpaired) electrons. The number of likely N-dealkylation sites (N-methyl/N-ethyl adjacent to an activating group) is 1. The van der Waals surface area contributed by atoms with Crippen molar-refractivity contribution in [2.24, 2.45) is 0 Å². The first-order chi connectivity index (χ1) is 4.90. The van der Waals surface area contributed by atoms with Gasteiger partial charge >= 0.3 is 58.2 Å². The average molecular weight is 776 g/mol. The van der Waals surface area contributed by atoms with Crippen LogP contribution in [-0.4, -0.2) is 22.4 Å². The number of rotatable bonds is 4. The Kier molecular flexibility index (Phi) is 34.5. The molecular formula is C6H12NO3PRbReUY-. The smallest absolute Gasteiger partial charge is 0.389 e. The number of hydrogen-bond acceptors (Lipinski definition) is 2. The fourth-order valence-electron chi connectivity index (χ4n) is 0.528. The fraction of sp³-hybridized carbons (Fsp3) is 0.500. The summed E-state index contributed by atoms with van der Waals surface area (Å²) in [6.45, 7) is 3.90. The molecule has 80 valence electrons. The van der Waals surface area contributed by atoms with Crippen LogP contribution in [0, 0.1) is 43.8 Å². The maximum atomic E-state index is 11.1. The van der Waals surface area contributed by atoms with E-state index < -0.39 is 7.52 Å². The fourth-order valence-corrected chi connectivity index (χ4v) is 1.22. The van der Waals surface area contributed by atoms with Crippen LogP contribution in [0.15, 0.2) is 0 Å². The number of nitrogens with zero attached hydrogens (tertiary/aromatic N) is 1. The molecule has 0 saturated heterocycles. The number of hydrogen-bond donors (Lipinski definition) is 1. The largest absolute Gasteiger partial charge is 1.00 e. The topological polar surface area (TPSA) is 57.6 Å². The zero-order chi connectivity index (χ0) is 9.07. The van der Waals surface area contributed by atoms with Gasteiger partial charge in [-0.3, -0.25) is 6.54 Å². The van der Waals surface area contributed by atoms with Crippen molar-refractivity contribution in [1.29, 1.82) is 0 Å². The normalized spacial score (nSPS) is 11.8. The van der Waals surface area contributed by atoms with Crippen LogP contribution in [0.3, 0.4) is 0 Å². The van der Waals surface area contributed by atoms with Crippen molar-refractivity contribution in [3.63, 3.8) is 0 Å². The Morgan fingerprint density at radius 1 is 1.47 bits per heavy atom. The van der Waals surface area contributed by atoms with Crippen molar-refractivity contribution >= 4 is 13.3 Å². The molecule has 0 spiro atoms. The van der Waals surface area contributed by atoms with Gasteiger partial charge in [-0.1, -0.05) is 0 Å². The zero-order valence-corrected chi connectivity index (χ0v) is 24.8. The van der Waals surface area contributed by atoms with E-state index in [1.807, 2.05) is 0 Å². The zero-order valence-electron chi connectivity index (χ0n) is 9.27. The van der Waals surface area contributed by atoms with E-state index in [0.29, 0.717) is 0 Å². The molecule has 0 bridgehead atoms. The summed E-state index contributed by atoms with van der Waals surface area (Å²) in [4.78, 5) is 19.6. The molecule has 4 nitrogen and oxygen atoms in total. The first kappa shape index (κ1) is 31.6. The van der Waals surface area contributed by atoms with Gasteiger partial charge in [0.1, 0.15) is 7.52 Å². The molecule has 9 heteroatoms. The maximum absolute atomic E-state index is 11.1. The number of ketones is 1. The van der Waals surface area contributed by atoms with Gasteiger partial charge in [-0.25, -0.2) is 6.16 Å². The van der Waals surface area contributed by atoms with E-state index in [9.17, 15) is 9.36 Å². The van der Waals surface area contributed by atoms with Crippen molar-refractivity contribution in [2.75, 3.05) is 7.05 Å².